The molecule has 0 spiro atoms. The van der Waals surface area contributed by atoms with Crippen LogP contribution in [0.15, 0.2) is 36.4 Å². The first-order valence-electron chi connectivity index (χ1n) is 4.10. The Morgan fingerprint density at radius 3 is 2.20 bits per heavy atom. The van der Waals surface area contributed by atoms with E-state index in [2.05, 4.69) is 0 Å². The molecule has 0 aromatic heterocycles. The molecule has 2 nitrogen and oxygen atoms in total. The molecule has 0 aliphatic rings. The van der Waals surface area contributed by atoms with Gasteiger partial charge in [0.15, 0.2) is 17.4 Å². The third-order valence-corrected chi connectivity index (χ3v) is 2.38. The molecule has 0 saturated heterocycles. The molecule has 15 heavy (non-hydrogen) atoms. The predicted molar refractivity (Wildman–Crippen MR) is 65.9 cm³/mol. The standard InChI is InChI=1S/C11H7ClO2.Al.3H/c12-10-6-8-4-2-1-3-7(8)5-9(10)11(13)14;;;;/h1-6H,(H,13,14);;;;. The fraction of sp³-hybridized carbons (Fsp3) is 0. The number of rotatable bonds is 1. The van der Waals surface area contributed by atoms with Gasteiger partial charge in [0.1, 0.15) is 0 Å². The summed E-state index contributed by atoms with van der Waals surface area (Å²) in [5.74, 6) is -0.999. The minimum absolute atomic E-state index is 0. The van der Waals surface area contributed by atoms with E-state index >= 15 is 0 Å². The highest BCUT2D eigenvalue weighted by Crippen LogP contribution is 2.23. The van der Waals surface area contributed by atoms with Crippen LogP contribution in [0.3, 0.4) is 0 Å². The molecule has 0 atom stereocenters. The summed E-state index contributed by atoms with van der Waals surface area (Å²) in [7, 11) is 0. The van der Waals surface area contributed by atoms with Crippen LogP contribution < -0.4 is 0 Å². The van der Waals surface area contributed by atoms with Crippen LogP contribution in [0.25, 0.3) is 10.8 Å². The van der Waals surface area contributed by atoms with Crippen LogP contribution in [0.5, 0.6) is 0 Å². The number of carbonyl (C=O) groups is 1. The lowest BCUT2D eigenvalue weighted by Gasteiger charge is -2.01. The summed E-state index contributed by atoms with van der Waals surface area (Å²) in [6.07, 6.45) is 0. The second-order valence-electron chi connectivity index (χ2n) is 2.98. The quantitative estimate of drug-likeness (QED) is 0.769. The molecule has 2 aromatic carbocycles. The summed E-state index contributed by atoms with van der Waals surface area (Å²) in [4.78, 5) is 10.8. The van der Waals surface area contributed by atoms with Crippen LogP contribution in [-0.4, -0.2) is 28.4 Å². The summed E-state index contributed by atoms with van der Waals surface area (Å²) >= 11 is 5.82. The van der Waals surface area contributed by atoms with Gasteiger partial charge in [-0.1, -0.05) is 35.9 Å². The van der Waals surface area contributed by atoms with Crippen LogP contribution in [0, 0.1) is 0 Å². The Hall–Kier alpha value is -1.01. The maximum atomic E-state index is 10.8. The minimum atomic E-state index is -0.999. The number of benzene rings is 2. The molecule has 76 valence electrons. The van der Waals surface area contributed by atoms with Gasteiger partial charge in [0.05, 0.1) is 10.6 Å². The lowest BCUT2D eigenvalue weighted by Crippen LogP contribution is -1.96. The van der Waals surface area contributed by atoms with Crippen molar-refractivity contribution in [3.05, 3.63) is 47.0 Å². The van der Waals surface area contributed by atoms with Crippen LogP contribution in [0.4, 0.5) is 0 Å². The summed E-state index contributed by atoms with van der Waals surface area (Å²) in [6, 6.07) is 10.8. The first-order chi connectivity index (χ1) is 6.68. The van der Waals surface area contributed by atoms with E-state index in [9.17, 15) is 4.79 Å². The van der Waals surface area contributed by atoms with Crippen LogP contribution >= 0.6 is 11.6 Å². The molecule has 4 heteroatoms. The SMILES string of the molecule is O=C(O)c1cc2ccccc2cc1Cl.[AlH3]. The average molecular weight is 237 g/mol. The monoisotopic (exact) mass is 236 g/mol. The molecule has 1 N–H and O–H groups in total. The van der Waals surface area contributed by atoms with Gasteiger partial charge in [0.25, 0.3) is 0 Å². The summed E-state index contributed by atoms with van der Waals surface area (Å²) < 4.78 is 0. The second-order valence-corrected chi connectivity index (χ2v) is 3.39. The first-order valence-corrected chi connectivity index (χ1v) is 4.48. The van der Waals surface area contributed by atoms with Crippen molar-refractivity contribution in [3.8, 4) is 0 Å². The van der Waals surface area contributed by atoms with E-state index in [4.69, 9.17) is 16.7 Å². The smallest absolute Gasteiger partial charge is 0.337 e. The number of aromatic carboxylic acids is 1. The average Bonchev–Trinajstić information content (AvgIpc) is 2.16. The molecule has 2 aromatic rings. The number of carboxylic acid groups (broad SMARTS) is 1. The molecule has 2 rings (SSSR count). The maximum absolute atomic E-state index is 10.8. The molecule has 0 aliphatic heterocycles. The van der Waals surface area contributed by atoms with E-state index in [0.717, 1.165) is 10.8 Å². The maximum Gasteiger partial charge on any atom is 0.337 e. The Bertz CT molecular complexity index is 511. The number of halogens is 1. The van der Waals surface area contributed by atoms with Crippen LogP contribution in [0.1, 0.15) is 10.4 Å². The van der Waals surface area contributed by atoms with Gasteiger partial charge in [-0.3, -0.25) is 0 Å². The van der Waals surface area contributed by atoms with Gasteiger partial charge in [-0.15, -0.1) is 0 Å². The molecule has 0 saturated carbocycles. The zero-order chi connectivity index (χ0) is 10.1. The predicted octanol–water partition coefficient (Wildman–Crippen LogP) is 2.01. The molecule has 0 amide bonds. The zero-order valence-corrected chi connectivity index (χ0v) is 7.95. The van der Waals surface area contributed by atoms with Crippen molar-refractivity contribution in [2.24, 2.45) is 0 Å². The molecule has 0 bridgehead atoms. The fourth-order valence-corrected chi connectivity index (χ4v) is 1.63. The number of hydrogen-bond donors (Lipinski definition) is 1. The van der Waals surface area contributed by atoms with Gasteiger partial charge in [-0.2, -0.15) is 0 Å². The highest BCUT2D eigenvalue weighted by Gasteiger charge is 2.09. The molecule has 0 unspecified atom stereocenters. The zero-order valence-electron chi connectivity index (χ0n) is 7.20. The highest BCUT2D eigenvalue weighted by atomic mass is 35.5. The number of fused-ring (bicyclic) bond motifs is 1. The van der Waals surface area contributed by atoms with Gasteiger partial charge >= 0.3 is 5.97 Å². The Balaban J connectivity index is 0.00000112. The normalized spacial score (nSPS) is 9.67. The molecular formula is C11H10AlClO2. The Kier molecular flexibility index (Phi) is 3.76. The van der Waals surface area contributed by atoms with Gasteiger partial charge in [0, 0.05) is 0 Å². The molecule has 0 aliphatic carbocycles. The molecular weight excluding hydrogens is 227 g/mol. The Morgan fingerprint density at radius 1 is 1.13 bits per heavy atom. The molecule has 0 radical (unpaired) electrons. The fourth-order valence-electron chi connectivity index (χ4n) is 1.38. The van der Waals surface area contributed by atoms with Crippen molar-refractivity contribution >= 4 is 45.7 Å². The van der Waals surface area contributed by atoms with E-state index in [0.29, 0.717) is 0 Å². The number of carboxylic acids is 1. The van der Waals surface area contributed by atoms with E-state index in [1.807, 2.05) is 24.3 Å². The summed E-state index contributed by atoms with van der Waals surface area (Å²) in [5.41, 5.74) is 0.144. The van der Waals surface area contributed by atoms with Gasteiger partial charge in [0.2, 0.25) is 0 Å². The summed E-state index contributed by atoms with van der Waals surface area (Å²) in [5, 5.41) is 10.9. The summed E-state index contributed by atoms with van der Waals surface area (Å²) in [6.45, 7) is 0. The van der Waals surface area contributed by atoms with Gasteiger partial charge < -0.3 is 5.11 Å². The minimum Gasteiger partial charge on any atom is -0.478 e. The van der Waals surface area contributed by atoms with Crippen molar-refractivity contribution in [1.82, 2.24) is 0 Å². The first kappa shape index (κ1) is 12.1. The van der Waals surface area contributed by atoms with Crippen molar-refractivity contribution in [1.29, 1.82) is 0 Å². The highest BCUT2D eigenvalue weighted by molar-refractivity contribution is 6.34. The van der Waals surface area contributed by atoms with Gasteiger partial charge in [-0.25, -0.2) is 4.79 Å². The van der Waals surface area contributed by atoms with Crippen molar-refractivity contribution < 1.29 is 9.90 Å². The van der Waals surface area contributed by atoms with Crippen LogP contribution in [-0.2, 0) is 0 Å². The van der Waals surface area contributed by atoms with E-state index < -0.39 is 5.97 Å². The van der Waals surface area contributed by atoms with Crippen molar-refractivity contribution in [3.63, 3.8) is 0 Å². The Morgan fingerprint density at radius 2 is 1.67 bits per heavy atom. The second kappa shape index (κ2) is 4.67. The lowest BCUT2D eigenvalue weighted by molar-refractivity contribution is 0.0697. The Labute approximate surface area is 103 Å². The van der Waals surface area contributed by atoms with Crippen molar-refractivity contribution in [2.45, 2.75) is 0 Å². The molecule has 0 heterocycles. The van der Waals surface area contributed by atoms with Crippen molar-refractivity contribution in [2.75, 3.05) is 0 Å². The molecule has 0 fully saturated rings. The van der Waals surface area contributed by atoms with Crippen LogP contribution in [0.2, 0.25) is 5.02 Å². The topological polar surface area (TPSA) is 37.3 Å². The third-order valence-electron chi connectivity index (χ3n) is 2.07. The lowest BCUT2D eigenvalue weighted by atomic mass is 10.1. The third kappa shape index (κ3) is 2.32. The van der Waals surface area contributed by atoms with E-state index in [1.54, 1.807) is 12.1 Å². The van der Waals surface area contributed by atoms with E-state index in [-0.39, 0.29) is 27.9 Å². The van der Waals surface area contributed by atoms with Gasteiger partial charge in [-0.05, 0) is 22.9 Å². The van der Waals surface area contributed by atoms with E-state index in [1.165, 1.54) is 0 Å². The largest absolute Gasteiger partial charge is 0.478 e. The number of hydrogen-bond acceptors (Lipinski definition) is 1.